The van der Waals surface area contributed by atoms with Crippen molar-refractivity contribution in [2.24, 2.45) is 7.05 Å². The van der Waals surface area contributed by atoms with Gasteiger partial charge < -0.3 is 12.4 Å². The summed E-state index contributed by atoms with van der Waals surface area (Å²) in [4.78, 5) is 0. The molecule has 0 unspecified atom stereocenters. The second kappa shape index (κ2) is 13.5. The standard InChI is InChI=1S/C17H33N2.ClH/c1-3-4-5-6-7-8-9-10-11-12-13-14-19-16-15-18(2)17-19;/h15-17H,3-14H2,1-2H3;1H/q+1;/p-1. The van der Waals surface area contributed by atoms with Crippen LogP contribution in [0.4, 0.5) is 0 Å². The van der Waals surface area contributed by atoms with E-state index < -0.39 is 0 Å². The van der Waals surface area contributed by atoms with Crippen LogP contribution in [-0.2, 0) is 13.6 Å². The van der Waals surface area contributed by atoms with Crippen molar-refractivity contribution in [2.45, 2.75) is 84.1 Å². The molecule has 1 rings (SSSR count). The quantitative estimate of drug-likeness (QED) is 0.410. The van der Waals surface area contributed by atoms with E-state index in [0.29, 0.717) is 0 Å². The summed E-state index contributed by atoms with van der Waals surface area (Å²) in [5.74, 6) is 0. The maximum atomic E-state index is 2.29. The Hall–Kier alpha value is -0.500. The van der Waals surface area contributed by atoms with Gasteiger partial charge >= 0.3 is 0 Å². The molecule has 0 spiro atoms. The van der Waals surface area contributed by atoms with Crippen LogP contribution in [-0.4, -0.2) is 4.57 Å². The van der Waals surface area contributed by atoms with Gasteiger partial charge in [-0.05, 0) is 12.8 Å². The zero-order valence-electron chi connectivity index (χ0n) is 13.5. The van der Waals surface area contributed by atoms with Crippen LogP contribution >= 0.6 is 0 Å². The molecule has 0 aromatic carbocycles. The SMILES string of the molecule is CCCCCCCCCCCCCn1cc[n+](C)c1.[Cl-]. The molecule has 20 heavy (non-hydrogen) atoms. The minimum absolute atomic E-state index is 0. The Morgan fingerprint density at radius 3 is 1.75 bits per heavy atom. The lowest BCUT2D eigenvalue weighted by Crippen LogP contribution is -3.00. The topological polar surface area (TPSA) is 8.81 Å². The molecule has 3 heteroatoms. The number of rotatable bonds is 12. The number of hydrogen-bond acceptors (Lipinski definition) is 0. The first-order valence-electron chi connectivity index (χ1n) is 8.34. The van der Waals surface area contributed by atoms with Crippen molar-refractivity contribution in [2.75, 3.05) is 0 Å². The predicted molar refractivity (Wildman–Crippen MR) is 82.1 cm³/mol. The second-order valence-electron chi connectivity index (χ2n) is 5.85. The van der Waals surface area contributed by atoms with Gasteiger partial charge in [-0.2, -0.15) is 0 Å². The van der Waals surface area contributed by atoms with E-state index in [1.54, 1.807) is 0 Å². The van der Waals surface area contributed by atoms with E-state index in [4.69, 9.17) is 0 Å². The van der Waals surface area contributed by atoms with Crippen molar-refractivity contribution in [1.29, 1.82) is 0 Å². The molecular weight excluding hydrogens is 268 g/mol. The van der Waals surface area contributed by atoms with Gasteiger partial charge in [-0.25, -0.2) is 9.13 Å². The van der Waals surface area contributed by atoms with Crippen molar-refractivity contribution >= 4 is 0 Å². The van der Waals surface area contributed by atoms with Crippen LogP contribution in [0.2, 0.25) is 0 Å². The van der Waals surface area contributed by atoms with Gasteiger partial charge in [0.15, 0.2) is 0 Å². The normalized spacial score (nSPS) is 10.5. The van der Waals surface area contributed by atoms with Crippen molar-refractivity contribution in [3.63, 3.8) is 0 Å². The van der Waals surface area contributed by atoms with Gasteiger partial charge in [0.2, 0.25) is 6.33 Å². The molecule has 1 aromatic heterocycles. The highest BCUT2D eigenvalue weighted by atomic mass is 35.5. The summed E-state index contributed by atoms with van der Waals surface area (Å²) in [5.41, 5.74) is 0. The average molecular weight is 301 g/mol. The molecule has 0 N–H and O–H groups in total. The van der Waals surface area contributed by atoms with Gasteiger partial charge in [-0.1, -0.05) is 64.7 Å². The Morgan fingerprint density at radius 1 is 0.800 bits per heavy atom. The molecule has 0 aliphatic rings. The van der Waals surface area contributed by atoms with E-state index in [9.17, 15) is 0 Å². The first-order valence-corrected chi connectivity index (χ1v) is 8.34. The third-order valence-corrected chi connectivity index (χ3v) is 3.84. The molecule has 1 heterocycles. The molecule has 0 bridgehead atoms. The van der Waals surface area contributed by atoms with Crippen LogP contribution < -0.4 is 17.0 Å². The first kappa shape index (κ1) is 19.5. The highest BCUT2D eigenvalue weighted by Gasteiger charge is 1.99. The lowest BCUT2D eigenvalue weighted by Gasteiger charge is -2.02. The van der Waals surface area contributed by atoms with Crippen molar-refractivity contribution < 1.29 is 17.0 Å². The fraction of sp³-hybridized carbons (Fsp3) is 0.824. The Bertz CT molecular complexity index is 310. The van der Waals surface area contributed by atoms with E-state index in [2.05, 4.69) is 41.8 Å². The van der Waals surface area contributed by atoms with E-state index in [1.807, 2.05) is 0 Å². The maximum Gasteiger partial charge on any atom is 0.243 e. The zero-order valence-corrected chi connectivity index (χ0v) is 14.2. The largest absolute Gasteiger partial charge is 1.00 e. The van der Waals surface area contributed by atoms with Crippen LogP contribution in [0.15, 0.2) is 18.7 Å². The van der Waals surface area contributed by atoms with Crippen molar-refractivity contribution in [3.05, 3.63) is 18.7 Å². The Kier molecular flexibility index (Phi) is 13.1. The minimum atomic E-state index is 0. The molecule has 1 aromatic rings. The highest BCUT2D eigenvalue weighted by molar-refractivity contribution is 4.65. The Labute approximate surface area is 132 Å². The number of unbranched alkanes of at least 4 members (excludes halogenated alkanes) is 10. The number of imidazole rings is 1. The van der Waals surface area contributed by atoms with E-state index in [0.717, 1.165) is 0 Å². The Balaban J connectivity index is 0.00000361. The molecule has 118 valence electrons. The van der Waals surface area contributed by atoms with E-state index >= 15 is 0 Å². The third kappa shape index (κ3) is 10.3. The number of aryl methyl sites for hydroxylation is 2. The average Bonchev–Trinajstić information content (AvgIpc) is 2.82. The molecule has 0 aliphatic heterocycles. The molecule has 0 saturated heterocycles. The summed E-state index contributed by atoms with van der Waals surface area (Å²) in [7, 11) is 2.08. The summed E-state index contributed by atoms with van der Waals surface area (Å²) < 4.78 is 4.40. The minimum Gasteiger partial charge on any atom is -1.00 e. The fourth-order valence-corrected chi connectivity index (χ4v) is 2.59. The molecule has 0 amide bonds. The number of hydrogen-bond donors (Lipinski definition) is 0. The van der Waals surface area contributed by atoms with Gasteiger partial charge in [-0.15, -0.1) is 0 Å². The second-order valence-corrected chi connectivity index (χ2v) is 5.85. The van der Waals surface area contributed by atoms with Gasteiger partial charge in [-0.3, -0.25) is 0 Å². The predicted octanol–water partition coefficient (Wildman–Crippen LogP) is 1.63. The first-order chi connectivity index (χ1) is 9.33. The lowest BCUT2D eigenvalue weighted by atomic mass is 10.1. The number of halogens is 1. The summed E-state index contributed by atoms with van der Waals surface area (Å²) in [6, 6.07) is 0. The van der Waals surface area contributed by atoms with Crippen LogP contribution in [0.5, 0.6) is 0 Å². The molecule has 2 nitrogen and oxygen atoms in total. The summed E-state index contributed by atoms with van der Waals surface area (Å²) >= 11 is 0. The molecule has 0 aliphatic carbocycles. The smallest absolute Gasteiger partial charge is 0.243 e. The molecule has 0 fully saturated rings. The van der Waals surface area contributed by atoms with Gasteiger partial charge in [0.1, 0.15) is 12.4 Å². The fourth-order valence-electron chi connectivity index (χ4n) is 2.59. The van der Waals surface area contributed by atoms with E-state index in [1.165, 1.54) is 77.2 Å². The number of nitrogens with zero attached hydrogens (tertiary/aromatic N) is 2. The molecule has 0 atom stereocenters. The van der Waals surface area contributed by atoms with Crippen molar-refractivity contribution in [1.82, 2.24) is 4.57 Å². The van der Waals surface area contributed by atoms with Crippen LogP contribution in [0, 0.1) is 0 Å². The molecular formula is C17H33ClN2. The van der Waals surface area contributed by atoms with Gasteiger partial charge in [0.05, 0.1) is 13.6 Å². The Morgan fingerprint density at radius 2 is 1.30 bits per heavy atom. The number of aromatic nitrogens is 2. The van der Waals surface area contributed by atoms with Crippen LogP contribution in [0.25, 0.3) is 0 Å². The molecule has 0 radical (unpaired) electrons. The highest BCUT2D eigenvalue weighted by Crippen LogP contribution is 2.11. The monoisotopic (exact) mass is 300 g/mol. The van der Waals surface area contributed by atoms with E-state index in [-0.39, 0.29) is 12.4 Å². The lowest BCUT2D eigenvalue weighted by molar-refractivity contribution is -0.671. The zero-order chi connectivity index (χ0) is 13.8. The van der Waals surface area contributed by atoms with Crippen molar-refractivity contribution in [3.8, 4) is 0 Å². The summed E-state index contributed by atoms with van der Waals surface area (Å²) in [5, 5.41) is 0. The van der Waals surface area contributed by atoms with Gasteiger partial charge in [0.25, 0.3) is 0 Å². The third-order valence-electron chi connectivity index (χ3n) is 3.84. The molecule has 0 saturated carbocycles. The summed E-state index contributed by atoms with van der Waals surface area (Å²) in [6.45, 7) is 3.46. The maximum absolute atomic E-state index is 2.29. The van der Waals surface area contributed by atoms with Crippen LogP contribution in [0.3, 0.4) is 0 Å². The van der Waals surface area contributed by atoms with Crippen LogP contribution in [0.1, 0.15) is 77.6 Å². The van der Waals surface area contributed by atoms with Gasteiger partial charge in [0, 0.05) is 0 Å². The summed E-state index contributed by atoms with van der Waals surface area (Å²) in [6.07, 6.45) is 22.1.